The van der Waals surface area contributed by atoms with Crippen molar-refractivity contribution in [3.05, 3.63) is 53.6 Å². The second kappa shape index (κ2) is 5.73. The van der Waals surface area contributed by atoms with E-state index >= 15 is 0 Å². The second-order valence-corrected chi connectivity index (χ2v) is 4.82. The Kier molecular flexibility index (Phi) is 4.04. The van der Waals surface area contributed by atoms with Gasteiger partial charge in [0.2, 0.25) is 0 Å². The van der Waals surface area contributed by atoms with Crippen molar-refractivity contribution in [2.24, 2.45) is 0 Å². The topological polar surface area (TPSA) is 24.9 Å². The summed E-state index contributed by atoms with van der Waals surface area (Å²) in [5.74, 6) is 1.88. The van der Waals surface area contributed by atoms with Crippen LogP contribution < -0.4 is 5.32 Å². The minimum absolute atomic E-state index is 0.916. The molecule has 1 N–H and O–H groups in total. The van der Waals surface area contributed by atoms with Crippen molar-refractivity contribution in [1.82, 2.24) is 4.98 Å². The molecule has 2 rings (SSSR count). The largest absolute Gasteiger partial charge is 0.373 e. The van der Waals surface area contributed by atoms with Crippen LogP contribution in [0.1, 0.15) is 11.1 Å². The molecule has 0 unspecified atom stereocenters. The molecule has 1 aromatic heterocycles. The van der Waals surface area contributed by atoms with Crippen LogP contribution in [0.5, 0.6) is 0 Å². The van der Waals surface area contributed by atoms with Crippen LogP contribution in [0.4, 0.5) is 5.82 Å². The molecule has 0 aliphatic heterocycles. The Bertz CT molecular complexity index is 497. The van der Waals surface area contributed by atoms with Gasteiger partial charge in [0.15, 0.2) is 0 Å². The summed E-state index contributed by atoms with van der Waals surface area (Å²) in [6, 6.07) is 14.5. The van der Waals surface area contributed by atoms with Gasteiger partial charge in [-0.05, 0) is 30.2 Å². The van der Waals surface area contributed by atoms with Crippen LogP contribution in [0, 0.1) is 6.92 Å². The summed E-state index contributed by atoms with van der Waals surface area (Å²) in [5.41, 5.74) is 2.71. The van der Waals surface area contributed by atoms with Crippen LogP contribution in [-0.2, 0) is 5.75 Å². The zero-order valence-electron chi connectivity index (χ0n) is 10.1. The number of pyridine rings is 1. The number of aromatic nitrogens is 1. The van der Waals surface area contributed by atoms with Crippen molar-refractivity contribution < 1.29 is 0 Å². The third-order valence-electron chi connectivity index (χ3n) is 2.62. The molecule has 0 saturated heterocycles. The summed E-state index contributed by atoms with van der Waals surface area (Å²) in [6.07, 6.45) is 0. The van der Waals surface area contributed by atoms with Gasteiger partial charge in [-0.2, -0.15) is 0 Å². The Morgan fingerprint density at radius 3 is 2.71 bits per heavy atom. The van der Waals surface area contributed by atoms with Gasteiger partial charge in [-0.15, -0.1) is 11.8 Å². The van der Waals surface area contributed by atoms with E-state index in [9.17, 15) is 0 Å². The van der Waals surface area contributed by atoms with Crippen molar-refractivity contribution >= 4 is 17.6 Å². The highest BCUT2D eigenvalue weighted by Crippen LogP contribution is 2.23. The minimum Gasteiger partial charge on any atom is -0.373 e. The first-order valence-electron chi connectivity index (χ1n) is 5.61. The Morgan fingerprint density at radius 1 is 1.12 bits per heavy atom. The SMILES string of the molecule is CNc1cccc(SCc2ccccc2C)n1. The Morgan fingerprint density at radius 2 is 1.94 bits per heavy atom. The van der Waals surface area contributed by atoms with E-state index in [0.29, 0.717) is 0 Å². The summed E-state index contributed by atoms with van der Waals surface area (Å²) < 4.78 is 0. The van der Waals surface area contributed by atoms with Crippen LogP contribution in [0.3, 0.4) is 0 Å². The van der Waals surface area contributed by atoms with Crippen LogP contribution in [0.2, 0.25) is 0 Å². The molecule has 0 bridgehead atoms. The monoisotopic (exact) mass is 244 g/mol. The summed E-state index contributed by atoms with van der Waals surface area (Å²) >= 11 is 1.77. The Balaban J connectivity index is 2.05. The summed E-state index contributed by atoms with van der Waals surface area (Å²) in [5, 5.41) is 4.11. The summed E-state index contributed by atoms with van der Waals surface area (Å²) in [7, 11) is 1.89. The zero-order valence-corrected chi connectivity index (χ0v) is 10.9. The molecule has 3 heteroatoms. The molecule has 0 fully saturated rings. The highest BCUT2D eigenvalue weighted by atomic mass is 32.2. The van der Waals surface area contributed by atoms with E-state index in [-0.39, 0.29) is 0 Å². The van der Waals surface area contributed by atoms with Crippen LogP contribution in [-0.4, -0.2) is 12.0 Å². The highest BCUT2D eigenvalue weighted by molar-refractivity contribution is 7.98. The van der Waals surface area contributed by atoms with Gasteiger partial charge in [0, 0.05) is 12.8 Å². The second-order valence-electron chi connectivity index (χ2n) is 3.83. The lowest BCUT2D eigenvalue weighted by atomic mass is 10.1. The van der Waals surface area contributed by atoms with Crippen molar-refractivity contribution in [2.45, 2.75) is 17.7 Å². The predicted molar refractivity (Wildman–Crippen MR) is 74.5 cm³/mol. The molecule has 2 aromatic rings. The lowest BCUT2D eigenvalue weighted by Gasteiger charge is -2.06. The normalized spacial score (nSPS) is 10.2. The van der Waals surface area contributed by atoms with Gasteiger partial charge in [0.25, 0.3) is 0 Å². The van der Waals surface area contributed by atoms with E-state index in [0.717, 1.165) is 16.6 Å². The van der Waals surface area contributed by atoms with Crippen molar-refractivity contribution in [3.8, 4) is 0 Å². The standard InChI is InChI=1S/C14H16N2S/c1-11-6-3-4-7-12(11)10-17-14-9-5-8-13(15-2)16-14/h3-9H,10H2,1-2H3,(H,15,16). The molecule has 0 spiro atoms. The molecule has 17 heavy (non-hydrogen) atoms. The molecule has 0 saturated carbocycles. The highest BCUT2D eigenvalue weighted by Gasteiger charge is 2.00. The van der Waals surface area contributed by atoms with Gasteiger partial charge in [-0.1, -0.05) is 30.3 Å². The number of anilines is 1. The average molecular weight is 244 g/mol. The molecular formula is C14H16N2S. The fourth-order valence-electron chi connectivity index (χ4n) is 1.56. The lowest BCUT2D eigenvalue weighted by Crippen LogP contribution is -1.92. The fraction of sp³-hybridized carbons (Fsp3) is 0.214. The molecule has 0 aliphatic rings. The van der Waals surface area contributed by atoms with E-state index in [1.165, 1.54) is 11.1 Å². The Hall–Kier alpha value is -1.48. The minimum atomic E-state index is 0.916. The predicted octanol–water partition coefficient (Wildman–Crippen LogP) is 3.72. The van der Waals surface area contributed by atoms with Crippen molar-refractivity contribution in [1.29, 1.82) is 0 Å². The van der Waals surface area contributed by atoms with Gasteiger partial charge >= 0.3 is 0 Å². The molecule has 0 atom stereocenters. The first kappa shape index (κ1) is 12.0. The van der Waals surface area contributed by atoms with E-state index in [2.05, 4.69) is 41.5 Å². The smallest absolute Gasteiger partial charge is 0.126 e. The van der Waals surface area contributed by atoms with Crippen LogP contribution in [0.25, 0.3) is 0 Å². The number of nitrogens with one attached hydrogen (secondary N) is 1. The zero-order chi connectivity index (χ0) is 12.1. The van der Waals surface area contributed by atoms with Crippen LogP contribution >= 0.6 is 11.8 Å². The maximum Gasteiger partial charge on any atom is 0.126 e. The van der Waals surface area contributed by atoms with Crippen molar-refractivity contribution in [2.75, 3.05) is 12.4 Å². The van der Waals surface area contributed by atoms with E-state index in [4.69, 9.17) is 0 Å². The van der Waals surface area contributed by atoms with Gasteiger partial charge < -0.3 is 5.32 Å². The molecule has 1 heterocycles. The van der Waals surface area contributed by atoms with Gasteiger partial charge in [0.1, 0.15) is 5.82 Å². The number of thioether (sulfide) groups is 1. The summed E-state index contributed by atoms with van der Waals surface area (Å²) in [6.45, 7) is 2.15. The van der Waals surface area contributed by atoms with E-state index in [1.807, 2.05) is 25.2 Å². The molecule has 0 amide bonds. The van der Waals surface area contributed by atoms with Crippen LogP contribution in [0.15, 0.2) is 47.5 Å². The van der Waals surface area contributed by atoms with E-state index in [1.54, 1.807) is 11.8 Å². The number of benzene rings is 1. The molecule has 0 aliphatic carbocycles. The van der Waals surface area contributed by atoms with Crippen molar-refractivity contribution in [3.63, 3.8) is 0 Å². The van der Waals surface area contributed by atoms with Gasteiger partial charge in [-0.3, -0.25) is 0 Å². The number of aryl methyl sites for hydroxylation is 1. The number of hydrogen-bond acceptors (Lipinski definition) is 3. The maximum absolute atomic E-state index is 4.49. The average Bonchev–Trinajstić information content (AvgIpc) is 2.38. The first-order valence-corrected chi connectivity index (χ1v) is 6.60. The molecule has 0 radical (unpaired) electrons. The molecular weight excluding hydrogens is 228 g/mol. The van der Waals surface area contributed by atoms with Gasteiger partial charge in [0.05, 0.1) is 5.03 Å². The van der Waals surface area contributed by atoms with E-state index < -0.39 is 0 Å². The third-order valence-corrected chi connectivity index (χ3v) is 3.59. The quantitative estimate of drug-likeness (QED) is 0.830. The third kappa shape index (κ3) is 3.24. The molecule has 88 valence electrons. The number of nitrogens with zero attached hydrogens (tertiary/aromatic N) is 1. The Labute approximate surface area is 106 Å². The first-order chi connectivity index (χ1) is 8.29. The maximum atomic E-state index is 4.49. The van der Waals surface area contributed by atoms with Gasteiger partial charge in [-0.25, -0.2) is 4.98 Å². The number of hydrogen-bond donors (Lipinski definition) is 1. The number of rotatable bonds is 4. The lowest BCUT2D eigenvalue weighted by molar-refractivity contribution is 1.12. The molecule has 1 aromatic carbocycles. The fourth-order valence-corrected chi connectivity index (χ4v) is 2.52. The summed E-state index contributed by atoms with van der Waals surface area (Å²) in [4.78, 5) is 4.49. The molecule has 2 nitrogen and oxygen atoms in total.